The van der Waals surface area contributed by atoms with Gasteiger partial charge in [0.2, 0.25) is 11.6 Å². The first-order chi connectivity index (χ1) is 24.8. The molecule has 0 unspecified atom stereocenters. The predicted molar refractivity (Wildman–Crippen MR) is 186 cm³/mol. The lowest BCUT2D eigenvalue weighted by molar-refractivity contribution is 0.875. The summed E-state index contributed by atoms with van der Waals surface area (Å²) < 4.78 is 0. The van der Waals surface area contributed by atoms with E-state index in [1.165, 1.54) is 11.1 Å². The van der Waals surface area contributed by atoms with Gasteiger partial charge in [-0.05, 0) is 83.9 Å². The molecule has 8 heterocycles. The van der Waals surface area contributed by atoms with Crippen molar-refractivity contribution in [1.29, 1.82) is 0 Å². The molecular weight excluding hydrogens is 628 g/mol. The van der Waals surface area contributed by atoms with E-state index in [9.17, 15) is 0 Å². The van der Waals surface area contributed by atoms with E-state index >= 15 is 0 Å². The molecule has 0 spiro atoms. The van der Waals surface area contributed by atoms with E-state index in [0.717, 1.165) is 22.5 Å². The fourth-order valence-electron chi connectivity index (χ4n) is 3.74. The fraction of sp³-hybridized carbons (Fsp3) is 0. The standard InChI is InChI=1S/C12H8N6.C10H8N4.C10H8N2.C4H4N2/c1-5-13-6-2-9(1)11-15-17-12(18-16-11)10-3-7-14-8-4-10;1-5-11-6-2-9(1)13-14-10-3-7-12-8-4-10;1-5-11-6-2-9(1)10-3-7-12-8-4-10;1-2-6-4-3-5-1/h1-8H;1-8H;1-8H;1-4H. The minimum Gasteiger partial charge on any atom is -0.265 e. The van der Waals surface area contributed by atoms with Gasteiger partial charge in [0.15, 0.2) is 0 Å². The average Bonchev–Trinajstić information content (AvgIpc) is 3.24. The van der Waals surface area contributed by atoms with Crippen molar-refractivity contribution in [2.45, 2.75) is 0 Å². The highest BCUT2D eigenvalue weighted by molar-refractivity contribution is 5.61. The predicted octanol–water partition coefficient (Wildman–Crippen LogP) is 6.90. The third-order valence-corrected chi connectivity index (χ3v) is 6.13. The molecule has 8 aromatic rings. The minimum absolute atomic E-state index is 0.482. The van der Waals surface area contributed by atoms with Crippen molar-refractivity contribution >= 4 is 11.4 Å². The summed E-state index contributed by atoms with van der Waals surface area (Å²) in [7, 11) is 0. The molecule has 0 aliphatic carbocycles. The van der Waals surface area contributed by atoms with Crippen LogP contribution in [-0.4, -0.2) is 60.3 Å². The van der Waals surface area contributed by atoms with E-state index in [2.05, 4.69) is 70.5 Å². The summed E-state index contributed by atoms with van der Waals surface area (Å²) >= 11 is 0. The SMILES string of the molecule is c1cc(-c2ccncc2)ccn1.c1cc(-c2nnc(-c3ccncc3)nn2)ccn1.c1cc(N=Nc2ccncc2)ccn1.c1cnccn1. The molecule has 0 atom stereocenters. The Morgan fingerprint density at radius 2 is 0.460 bits per heavy atom. The summed E-state index contributed by atoms with van der Waals surface area (Å²) in [4.78, 5) is 31.0. The second kappa shape index (κ2) is 19.9. The topological polar surface area (TPSA) is 179 Å². The monoisotopic (exact) mass is 656 g/mol. The summed E-state index contributed by atoms with van der Waals surface area (Å²) in [6, 6.07) is 22.4. The molecule has 14 heteroatoms. The number of aromatic nitrogens is 12. The Hall–Kier alpha value is -7.48. The van der Waals surface area contributed by atoms with Gasteiger partial charge in [0.1, 0.15) is 0 Å². The van der Waals surface area contributed by atoms with Gasteiger partial charge in [-0.15, -0.1) is 20.4 Å². The van der Waals surface area contributed by atoms with E-state index in [-0.39, 0.29) is 0 Å². The van der Waals surface area contributed by atoms with Crippen LogP contribution < -0.4 is 0 Å². The van der Waals surface area contributed by atoms with E-state index in [4.69, 9.17) is 0 Å². The normalized spacial score (nSPS) is 9.92. The van der Waals surface area contributed by atoms with E-state index in [1.54, 1.807) is 123 Å². The summed E-state index contributed by atoms with van der Waals surface area (Å²) in [5.41, 5.74) is 5.60. The lowest BCUT2D eigenvalue weighted by Gasteiger charge is -1.99. The number of azo groups is 1. The maximum absolute atomic E-state index is 4.05. The molecule has 0 saturated heterocycles. The summed E-state index contributed by atoms with van der Waals surface area (Å²) in [5.74, 6) is 0.963. The number of rotatable bonds is 5. The van der Waals surface area contributed by atoms with E-state index < -0.39 is 0 Å². The van der Waals surface area contributed by atoms with Gasteiger partial charge in [-0.3, -0.25) is 39.9 Å². The molecule has 0 saturated carbocycles. The molecule has 0 radical (unpaired) electrons. The molecule has 0 bridgehead atoms. The highest BCUT2D eigenvalue weighted by Gasteiger charge is 2.05. The molecule has 0 N–H and O–H groups in total. The van der Waals surface area contributed by atoms with Crippen LogP contribution in [0.3, 0.4) is 0 Å². The van der Waals surface area contributed by atoms with E-state index in [0.29, 0.717) is 11.6 Å². The van der Waals surface area contributed by atoms with Crippen molar-refractivity contribution < 1.29 is 0 Å². The number of hydrogen-bond acceptors (Lipinski definition) is 14. The zero-order valence-electron chi connectivity index (χ0n) is 26.4. The second-order valence-electron chi connectivity index (χ2n) is 9.50. The van der Waals surface area contributed by atoms with Gasteiger partial charge >= 0.3 is 0 Å². The Labute approximate surface area is 287 Å². The fourth-order valence-corrected chi connectivity index (χ4v) is 3.74. The van der Waals surface area contributed by atoms with Crippen LogP contribution >= 0.6 is 0 Å². The zero-order chi connectivity index (χ0) is 34.3. The van der Waals surface area contributed by atoms with Crippen molar-refractivity contribution in [3.63, 3.8) is 0 Å². The first kappa shape index (κ1) is 33.9. The third kappa shape index (κ3) is 11.7. The van der Waals surface area contributed by atoms with Gasteiger partial charge in [0.25, 0.3) is 0 Å². The van der Waals surface area contributed by atoms with Crippen molar-refractivity contribution in [3.8, 4) is 33.9 Å². The third-order valence-electron chi connectivity index (χ3n) is 6.13. The van der Waals surface area contributed by atoms with Crippen molar-refractivity contribution in [2.24, 2.45) is 10.2 Å². The van der Waals surface area contributed by atoms with Gasteiger partial charge < -0.3 is 0 Å². The molecule has 0 amide bonds. The molecule has 0 aromatic carbocycles. The van der Waals surface area contributed by atoms with Crippen molar-refractivity contribution in [2.75, 3.05) is 0 Å². The molecule has 0 aliphatic rings. The Kier molecular flexibility index (Phi) is 13.5. The Bertz CT molecular complexity index is 1900. The lowest BCUT2D eigenvalue weighted by Crippen LogP contribution is -1.99. The smallest absolute Gasteiger partial charge is 0.203 e. The van der Waals surface area contributed by atoms with Crippen LogP contribution in [0.25, 0.3) is 33.9 Å². The minimum atomic E-state index is 0.482. The van der Waals surface area contributed by atoms with Crippen molar-refractivity contribution in [3.05, 3.63) is 172 Å². The maximum atomic E-state index is 4.05. The van der Waals surface area contributed by atoms with Gasteiger partial charge in [-0.1, -0.05) is 0 Å². The summed E-state index contributed by atoms with van der Waals surface area (Å²) in [6.45, 7) is 0. The van der Waals surface area contributed by atoms with E-state index in [1.807, 2.05) is 48.5 Å². The first-order valence-electron chi connectivity index (χ1n) is 15.0. The van der Waals surface area contributed by atoms with Crippen LogP contribution in [0.4, 0.5) is 11.4 Å². The second-order valence-corrected chi connectivity index (χ2v) is 9.50. The van der Waals surface area contributed by atoms with Crippen LogP contribution in [0, 0.1) is 0 Å². The summed E-state index contributed by atoms with van der Waals surface area (Å²) in [5, 5.41) is 24.3. The molecule has 242 valence electrons. The molecule has 8 aromatic heterocycles. The largest absolute Gasteiger partial charge is 0.265 e. The Morgan fingerprint density at radius 3 is 0.720 bits per heavy atom. The maximum Gasteiger partial charge on any atom is 0.203 e. The Morgan fingerprint density at radius 1 is 0.240 bits per heavy atom. The zero-order valence-corrected chi connectivity index (χ0v) is 26.4. The Balaban J connectivity index is 0.000000137. The highest BCUT2D eigenvalue weighted by Crippen LogP contribution is 2.17. The van der Waals surface area contributed by atoms with Gasteiger partial charge in [-0.2, -0.15) is 10.2 Å². The van der Waals surface area contributed by atoms with Crippen LogP contribution in [0.15, 0.2) is 182 Å². The van der Waals surface area contributed by atoms with Crippen LogP contribution in [0.5, 0.6) is 0 Å². The molecule has 0 fully saturated rings. The highest BCUT2D eigenvalue weighted by atomic mass is 15.3. The number of hydrogen-bond donors (Lipinski definition) is 0. The summed E-state index contributed by atoms with van der Waals surface area (Å²) in [6.07, 6.45) is 27.1. The molecule has 14 nitrogen and oxygen atoms in total. The molecule has 8 rings (SSSR count). The van der Waals surface area contributed by atoms with Crippen LogP contribution in [-0.2, 0) is 0 Å². The molecular formula is C36H28N14. The average molecular weight is 657 g/mol. The molecule has 50 heavy (non-hydrogen) atoms. The first-order valence-corrected chi connectivity index (χ1v) is 15.0. The quantitative estimate of drug-likeness (QED) is 0.175. The number of nitrogens with zero attached hydrogens (tertiary/aromatic N) is 14. The van der Waals surface area contributed by atoms with Gasteiger partial charge in [0, 0.05) is 110 Å². The van der Waals surface area contributed by atoms with Crippen LogP contribution in [0.2, 0.25) is 0 Å². The number of pyridine rings is 6. The van der Waals surface area contributed by atoms with Crippen LogP contribution in [0.1, 0.15) is 0 Å². The van der Waals surface area contributed by atoms with Crippen molar-refractivity contribution in [1.82, 2.24) is 60.3 Å². The molecule has 0 aliphatic heterocycles. The van der Waals surface area contributed by atoms with Gasteiger partial charge in [0.05, 0.1) is 11.4 Å². The van der Waals surface area contributed by atoms with Gasteiger partial charge in [-0.25, -0.2) is 0 Å². The lowest BCUT2D eigenvalue weighted by atomic mass is 10.1.